The lowest BCUT2D eigenvalue weighted by Crippen LogP contribution is -2.46. The molecule has 0 aromatic carbocycles. The first kappa shape index (κ1) is 13.1. The Kier molecular flexibility index (Phi) is 4.05. The molecule has 1 rings (SSSR count). The molecule has 0 aromatic rings. The molecule has 1 aliphatic rings. The molecule has 1 saturated heterocycles. The van der Waals surface area contributed by atoms with Gasteiger partial charge in [0, 0.05) is 25.4 Å². The average Bonchev–Trinajstić information content (AvgIpc) is 2.28. The van der Waals surface area contributed by atoms with E-state index in [9.17, 15) is 13.2 Å². The number of piperidine rings is 1. The van der Waals surface area contributed by atoms with Crippen LogP contribution in [0.5, 0.6) is 0 Å². The van der Waals surface area contributed by atoms with Crippen molar-refractivity contribution < 1.29 is 13.2 Å². The molecule has 0 radical (unpaired) electrons. The SMILES string of the molecule is CCC1CN(S(=O)(=O)C(C)C#N)CCC1=O. The van der Waals surface area contributed by atoms with E-state index >= 15 is 0 Å². The van der Waals surface area contributed by atoms with Crippen molar-refractivity contribution >= 4 is 15.8 Å². The van der Waals surface area contributed by atoms with Crippen molar-refractivity contribution in [2.75, 3.05) is 13.1 Å². The Balaban J connectivity index is 2.85. The lowest BCUT2D eigenvalue weighted by atomic mass is 9.96. The number of hydrogen-bond donors (Lipinski definition) is 0. The molecule has 0 bridgehead atoms. The van der Waals surface area contributed by atoms with Gasteiger partial charge in [-0.1, -0.05) is 6.92 Å². The number of nitrogens with zero attached hydrogens (tertiary/aromatic N) is 2. The summed E-state index contributed by atoms with van der Waals surface area (Å²) >= 11 is 0. The minimum absolute atomic E-state index is 0.124. The van der Waals surface area contributed by atoms with Gasteiger partial charge in [-0.05, 0) is 13.3 Å². The number of carbonyl (C=O) groups is 1. The third kappa shape index (κ3) is 2.42. The van der Waals surface area contributed by atoms with Gasteiger partial charge in [-0.2, -0.15) is 9.57 Å². The average molecular weight is 244 g/mol. The normalized spacial score (nSPS) is 25.1. The fourth-order valence-corrected chi connectivity index (χ4v) is 3.07. The van der Waals surface area contributed by atoms with E-state index in [1.165, 1.54) is 11.2 Å². The standard InChI is InChI=1S/C10H16N2O3S/c1-3-9-7-12(5-4-10(9)13)16(14,15)8(2)6-11/h8-9H,3-5,7H2,1-2H3. The van der Waals surface area contributed by atoms with Crippen LogP contribution in [-0.4, -0.2) is 36.8 Å². The summed E-state index contributed by atoms with van der Waals surface area (Å²) in [5, 5.41) is 7.61. The molecule has 16 heavy (non-hydrogen) atoms. The molecule has 0 saturated carbocycles. The summed E-state index contributed by atoms with van der Waals surface area (Å²) in [6, 6.07) is 1.73. The molecule has 90 valence electrons. The van der Waals surface area contributed by atoms with Crippen molar-refractivity contribution in [3.8, 4) is 6.07 Å². The first-order valence-corrected chi connectivity index (χ1v) is 6.85. The molecule has 1 fully saturated rings. The van der Waals surface area contributed by atoms with Gasteiger partial charge in [0.15, 0.2) is 5.25 Å². The largest absolute Gasteiger partial charge is 0.299 e. The summed E-state index contributed by atoms with van der Waals surface area (Å²) in [7, 11) is -3.56. The van der Waals surface area contributed by atoms with Crippen LogP contribution in [0.25, 0.3) is 0 Å². The number of ketones is 1. The van der Waals surface area contributed by atoms with Crippen LogP contribution in [0, 0.1) is 17.2 Å². The van der Waals surface area contributed by atoms with E-state index in [1.807, 2.05) is 6.92 Å². The third-order valence-electron chi connectivity index (χ3n) is 2.97. The first-order valence-electron chi connectivity index (χ1n) is 5.34. The van der Waals surface area contributed by atoms with Crippen LogP contribution < -0.4 is 0 Å². The van der Waals surface area contributed by atoms with Crippen LogP contribution in [0.1, 0.15) is 26.7 Å². The number of carbonyl (C=O) groups excluding carboxylic acids is 1. The van der Waals surface area contributed by atoms with Crippen LogP contribution >= 0.6 is 0 Å². The maximum atomic E-state index is 11.9. The molecule has 1 aliphatic heterocycles. The van der Waals surface area contributed by atoms with E-state index in [-0.39, 0.29) is 31.2 Å². The second-order valence-corrected chi connectivity index (χ2v) is 6.25. The first-order chi connectivity index (χ1) is 7.43. The fraction of sp³-hybridized carbons (Fsp3) is 0.800. The zero-order valence-corrected chi connectivity index (χ0v) is 10.3. The predicted octanol–water partition coefficient (Wildman–Crippen LogP) is 0.529. The van der Waals surface area contributed by atoms with E-state index in [2.05, 4.69) is 0 Å². The monoisotopic (exact) mass is 244 g/mol. The van der Waals surface area contributed by atoms with Gasteiger partial charge in [0.1, 0.15) is 5.78 Å². The molecule has 0 spiro atoms. The Hall–Kier alpha value is -0.930. The zero-order chi connectivity index (χ0) is 12.3. The van der Waals surface area contributed by atoms with Crippen molar-refractivity contribution in [3.05, 3.63) is 0 Å². The van der Waals surface area contributed by atoms with E-state index < -0.39 is 15.3 Å². The van der Waals surface area contributed by atoms with Crippen LogP contribution in [0.3, 0.4) is 0 Å². The highest BCUT2D eigenvalue weighted by Gasteiger charge is 2.35. The zero-order valence-electron chi connectivity index (χ0n) is 9.51. The lowest BCUT2D eigenvalue weighted by molar-refractivity contribution is -0.125. The smallest absolute Gasteiger partial charge is 0.230 e. The van der Waals surface area contributed by atoms with Crippen molar-refractivity contribution in [2.24, 2.45) is 5.92 Å². The molecule has 2 unspecified atom stereocenters. The van der Waals surface area contributed by atoms with Crippen molar-refractivity contribution in [1.82, 2.24) is 4.31 Å². The maximum Gasteiger partial charge on any atom is 0.230 e. The van der Waals surface area contributed by atoms with Crippen molar-refractivity contribution in [1.29, 1.82) is 5.26 Å². The number of nitriles is 1. The quantitative estimate of drug-likeness (QED) is 0.725. The second-order valence-electron chi connectivity index (χ2n) is 4.00. The Morgan fingerprint density at radius 3 is 2.75 bits per heavy atom. The topological polar surface area (TPSA) is 78.2 Å². The molecule has 0 aliphatic carbocycles. The van der Waals surface area contributed by atoms with Crippen molar-refractivity contribution in [3.63, 3.8) is 0 Å². The highest BCUT2D eigenvalue weighted by Crippen LogP contribution is 2.20. The number of hydrogen-bond acceptors (Lipinski definition) is 4. The van der Waals surface area contributed by atoms with Gasteiger partial charge >= 0.3 is 0 Å². The number of Topliss-reactive ketones (excluding diaryl/α,β-unsaturated/α-hetero) is 1. The minimum Gasteiger partial charge on any atom is -0.299 e. The van der Waals surface area contributed by atoms with Crippen LogP contribution in [0.2, 0.25) is 0 Å². The Labute approximate surface area is 96.1 Å². The van der Waals surface area contributed by atoms with Gasteiger partial charge < -0.3 is 0 Å². The van der Waals surface area contributed by atoms with E-state index in [0.717, 1.165) is 0 Å². The molecule has 2 atom stereocenters. The van der Waals surface area contributed by atoms with Gasteiger partial charge in [-0.3, -0.25) is 4.79 Å². The lowest BCUT2D eigenvalue weighted by Gasteiger charge is -2.31. The van der Waals surface area contributed by atoms with Crippen LogP contribution in [0.4, 0.5) is 0 Å². The maximum absolute atomic E-state index is 11.9. The highest BCUT2D eigenvalue weighted by molar-refractivity contribution is 7.89. The summed E-state index contributed by atoms with van der Waals surface area (Å²) in [4.78, 5) is 11.5. The number of sulfonamides is 1. The van der Waals surface area contributed by atoms with E-state index in [1.54, 1.807) is 6.07 Å². The minimum atomic E-state index is -3.56. The Morgan fingerprint density at radius 2 is 2.25 bits per heavy atom. The molecule has 6 heteroatoms. The highest BCUT2D eigenvalue weighted by atomic mass is 32.2. The molecule has 0 amide bonds. The van der Waals surface area contributed by atoms with Gasteiger partial charge in [-0.25, -0.2) is 8.42 Å². The van der Waals surface area contributed by atoms with Crippen LogP contribution in [-0.2, 0) is 14.8 Å². The molecule has 1 heterocycles. The molecular formula is C10H16N2O3S. The number of rotatable bonds is 3. The van der Waals surface area contributed by atoms with Gasteiger partial charge in [0.2, 0.25) is 10.0 Å². The summed E-state index contributed by atoms with van der Waals surface area (Å²) in [5.41, 5.74) is 0. The molecular weight excluding hydrogens is 228 g/mol. The Bertz CT molecular complexity index is 410. The van der Waals surface area contributed by atoms with Crippen LogP contribution in [0.15, 0.2) is 0 Å². The fourth-order valence-electron chi connectivity index (χ4n) is 1.76. The Morgan fingerprint density at radius 1 is 1.62 bits per heavy atom. The van der Waals surface area contributed by atoms with Crippen molar-refractivity contribution in [2.45, 2.75) is 31.9 Å². The summed E-state index contributed by atoms with van der Waals surface area (Å²) in [6.45, 7) is 3.67. The van der Waals surface area contributed by atoms with Gasteiger partial charge in [0.05, 0.1) is 6.07 Å². The van der Waals surface area contributed by atoms with E-state index in [0.29, 0.717) is 6.42 Å². The summed E-state index contributed by atoms with van der Waals surface area (Å²) in [6.07, 6.45) is 0.904. The molecule has 5 nitrogen and oxygen atoms in total. The summed E-state index contributed by atoms with van der Waals surface area (Å²) in [5.74, 6) is -0.0898. The van der Waals surface area contributed by atoms with E-state index in [4.69, 9.17) is 5.26 Å². The predicted molar refractivity (Wildman–Crippen MR) is 59.0 cm³/mol. The van der Waals surface area contributed by atoms with Gasteiger partial charge in [-0.15, -0.1) is 0 Å². The van der Waals surface area contributed by atoms with Gasteiger partial charge in [0.25, 0.3) is 0 Å². The second kappa shape index (κ2) is 4.93. The summed E-state index contributed by atoms with van der Waals surface area (Å²) < 4.78 is 25.0. The molecule has 0 aromatic heterocycles. The third-order valence-corrected chi connectivity index (χ3v) is 5.02. The molecule has 0 N–H and O–H groups in total.